The van der Waals surface area contributed by atoms with Gasteiger partial charge in [0.05, 0.1) is 11.7 Å². The molecule has 36 heavy (non-hydrogen) atoms. The number of carbonyl (C=O) groups is 1. The van der Waals surface area contributed by atoms with E-state index in [0.29, 0.717) is 18.6 Å². The lowest BCUT2D eigenvalue weighted by Gasteiger charge is -2.19. The van der Waals surface area contributed by atoms with Crippen molar-refractivity contribution in [3.8, 4) is 17.2 Å². The van der Waals surface area contributed by atoms with Crippen LogP contribution in [-0.4, -0.2) is 22.9 Å². The molecule has 3 rings (SSSR count). The van der Waals surface area contributed by atoms with Gasteiger partial charge in [-0.15, -0.1) is 11.8 Å². The van der Waals surface area contributed by atoms with Crippen molar-refractivity contribution >= 4 is 17.7 Å². The molecule has 0 fully saturated rings. The molecule has 0 radical (unpaired) electrons. The molecule has 3 aromatic rings. The van der Waals surface area contributed by atoms with E-state index in [4.69, 9.17) is 14.6 Å². The quantitative estimate of drug-likeness (QED) is 0.205. The first kappa shape index (κ1) is 27.4. The largest absolute Gasteiger partial charge is 0.487 e. The average Bonchev–Trinajstić information content (AvgIpc) is 2.80. The highest BCUT2D eigenvalue weighted by atomic mass is 32.2. The number of aryl methyl sites for hydroxylation is 2. The third-order valence-electron chi connectivity index (χ3n) is 5.36. The van der Waals surface area contributed by atoms with Crippen LogP contribution in [0.4, 0.5) is 17.6 Å². The minimum Gasteiger partial charge on any atom is -0.487 e. The van der Waals surface area contributed by atoms with Crippen molar-refractivity contribution < 1.29 is 36.9 Å². The van der Waals surface area contributed by atoms with Gasteiger partial charge in [0, 0.05) is 17.1 Å². The Morgan fingerprint density at radius 3 is 2.39 bits per heavy atom. The highest BCUT2D eigenvalue weighted by molar-refractivity contribution is 7.99. The van der Waals surface area contributed by atoms with Gasteiger partial charge in [-0.1, -0.05) is 6.07 Å². The smallest absolute Gasteiger partial charge is 0.416 e. The van der Waals surface area contributed by atoms with E-state index in [1.807, 2.05) is 32.0 Å². The summed E-state index contributed by atoms with van der Waals surface area (Å²) in [4.78, 5) is 11.8. The molecule has 192 valence electrons. The molecule has 0 heterocycles. The Hall–Kier alpha value is -3.20. The number of carboxylic acids is 1. The predicted molar refractivity (Wildman–Crippen MR) is 130 cm³/mol. The number of benzene rings is 3. The van der Waals surface area contributed by atoms with Gasteiger partial charge in [-0.2, -0.15) is 13.2 Å². The number of rotatable bonds is 11. The van der Waals surface area contributed by atoms with Crippen molar-refractivity contribution in [2.75, 3.05) is 5.75 Å². The number of ether oxygens (including phenoxy) is 2. The Labute approximate surface area is 211 Å². The average molecular weight is 523 g/mol. The fourth-order valence-corrected chi connectivity index (χ4v) is 4.50. The second-order valence-corrected chi connectivity index (χ2v) is 9.43. The van der Waals surface area contributed by atoms with Crippen LogP contribution in [0.2, 0.25) is 0 Å². The van der Waals surface area contributed by atoms with E-state index in [1.54, 1.807) is 11.8 Å². The zero-order chi connectivity index (χ0) is 26.3. The minimum atomic E-state index is -4.55. The van der Waals surface area contributed by atoms with Crippen molar-refractivity contribution in [3.05, 3.63) is 83.2 Å². The van der Waals surface area contributed by atoms with Gasteiger partial charge in [0.1, 0.15) is 11.6 Å². The highest BCUT2D eigenvalue weighted by Gasteiger charge is 2.31. The van der Waals surface area contributed by atoms with Gasteiger partial charge >= 0.3 is 12.1 Å². The molecule has 1 unspecified atom stereocenters. The van der Waals surface area contributed by atoms with Crippen LogP contribution >= 0.6 is 11.8 Å². The molecule has 0 aromatic heterocycles. The first-order valence-electron chi connectivity index (χ1n) is 11.3. The lowest BCUT2D eigenvalue weighted by Crippen LogP contribution is -2.14. The lowest BCUT2D eigenvalue weighted by atomic mass is 10.0. The SMILES string of the molecule is Cc1cc(SCCC(C)Oc2ccc(C(F)(F)F)cc2Oc2ccc(F)cc2)ccc1CCC(=O)O. The molecule has 9 heteroatoms. The van der Waals surface area contributed by atoms with Crippen LogP contribution in [-0.2, 0) is 17.4 Å². The maximum absolute atomic E-state index is 13.2. The molecule has 0 saturated heterocycles. The Morgan fingerprint density at radius 2 is 1.75 bits per heavy atom. The van der Waals surface area contributed by atoms with Crippen LogP contribution in [0.15, 0.2) is 65.6 Å². The molecule has 0 aliphatic carbocycles. The first-order valence-corrected chi connectivity index (χ1v) is 12.3. The molecule has 1 atom stereocenters. The Morgan fingerprint density at radius 1 is 1.03 bits per heavy atom. The third kappa shape index (κ3) is 8.19. The fraction of sp³-hybridized carbons (Fsp3) is 0.296. The second-order valence-electron chi connectivity index (χ2n) is 8.26. The summed E-state index contributed by atoms with van der Waals surface area (Å²) in [7, 11) is 0. The number of halogens is 4. The second kappa shape index (κ2) is 12.2. The van der Waals surface area contributed by atoms with Crippen LogP contribution < -0.4 is 9.47 Å². The molecular formula is C27H26F4O4S. The van der Waals surface area contributed by atoms with Gasteiger partial charge in [0.2, 0.25) is 0 Å². The van der Waals surface area contributed by atoms with E-state index in [2.05, 4.69) is 0 Å². The summed E-state index contributed by atoms with van der Waals surface area (Å²) in [6.07, 6.45) is -3.70. The third-order valence-corrected chi connectivity index (χ3v) is 6.38. The van der Waals surface area contributed by atoms with Crippen LogP contribution in [0, 0.1) is 12.7 Å². The van der Waals surface area contributed by atoms with Crippen molar-refractivity contribution in [1.29, 1.82) is 0 Å². The Kier molecular flexibility index (Phi) is 9.25. The van der Waals surface area contributed by atoms with Gasteiger partial charge in [-0.05, 0) is 92.4 Å². The molecule has 0 aliphatic heterocycles. The summed E-state index contributed by atoms with van der Waals surface area (Å²) in [6.45, 7) is 3.76. The van der Waals surface area contributed by atoms with Crippen LogP contribution in [0.1, 0.15) is 36.5 Å². The number of alkyl halides is 3. The fourth-order valence-electron chi connectivity index (χ4n) is 3.39. The molecule has 4 nitrogen and oxygen atoms in total. The molecule has 0 spiro atoms. The Balaban J connectivity index is 1.63. The normalized spacial score (nSPS) is 12.3. The molecule has 0 amide bonds. The maximum atomic E-state index is 13.2. The summed E-state index contributed by atoms with van der Waals surface area (Å²) in [5.41, 5.74) is 1.14. The van der Waals surface area contributed by atoms with Crippen molar-refractivity contribution in [2.24, 2.45) is 0 Å². The number of aliphatic carboxylic acids is 1. The highest BCUT2D eigenvalue weighted by Crippen LogP contribution is 2.39. The van der Waals surface area contributed by atoms with Gasteiger partial charge in [0.15, 0.2) is 11.5 Å². The molecular weight excluding hydrogens is 496 g/mol. The maximum Gasteiger partial charge on any atom is 0.416 e. The lowest BCUT2D eigenvalue weighted by molar-refractivity contribution is -0.138. The summed E-state index contributed by atoms with van der Waals surface area (Å²) >= 11 is 1.61. The predicted octanol–water partition coefficient (Wildman–Crippen LogP) is 7.91. The number of thioether (sulfide) groups is 1. The van der Waals surface area contributed by atoms with Gasteiger partial charge in [-0.3, -0.25) is 4.79 Å². The van der Waals surface area contributed by atoms with E-state index < -0.39 is 23.5 Å². The topological polar surface area (TPSA) is 55.8 Å². The number of carboxylic acid groups (broad SMARTS) is 1. The van der Waals surface area contributed by atoms with Gasteiger partial charge in [0.25, 0.3) is 0 Å². The molecule has 3 aromatic carbocycles. The summed E-state index contributed by atoms with van der Waals surface area (Å²) in [5.74, 6) is -0.387. The van der Waals surface area contributed by atoms with E-state index in [9.17, 15) is 22.4 Å². The number of hydrogen-bond acceptors (Lipinski definition) is 4. The van der Waals surface area contributed by atoms with Gasteiger partial charge < -0.3 is 14.6 Å². The van der Waals surface area contributed by atoms with E-state index in [0.717, 1.165) is 40.3 Å². The summed E-state index contributed by atoms with van der Waals surface area (Å²) in [6, 6.07) is 13.9. The molecule has 1 N–H and O–H groups in total. The van der Waals surface area contributed by atoms with E-state index >= 15 is 0 Å². The molecule has 0 bridgehead atoms. The van der Waals surface area contributed by atoms with Crippen molar-refractivity contribution in [3.63, 3.8) is 0 Å². The number of hydrogen-bond donors (Lipinski definition) is 1. The Bertz CT molecular complexity index is 1180. The van der Waals surface area contributed by atoms with Crippen LogP contribution in [0.5, 0.6) is 17.2 Å². The molecule has 0 aliphatic rings. The monoisotopic (exact) mass is 522 g/mol. The zero-order valence-electron chi connectivity index (χ0n) is 19.8. The van der Waals surface area contributed by atoms with Gasteiger partial charge in [-0.25, -0.2) is 4.39 Å². The van der Waals surface area contributed by atoms with E-state index in [1.165, 1.54) is 18.2 Å². The van der Waals surface area contributed by atoms with Crippen molar-refractivity contribution in [2.45, 2.75) is 50.3 Å². The summed E-state index contributed by atoms with van der Waals surface area (Å²) < 4.78 is 64.4. The minimum absolute atomic E-state index is 0.0823. The van der Waals surface area contributed by atoms with E-state index in [-0.39, 0.29) is 29.8 Å². The van der Waals surface area contributed by atoms with Crippen LogP contribution in [0.25, 0.3) is 0 Å². The van der Waals surface area contributed by atoms with Crippen molar-refractivity contribution in [1.82, 2.24) is 0 Å². The first-order chi connectivity index (χ1) is 17.0. The standard InChI is InChI=1S/C27H26F4O4S/c1-17-15-23(10-3-19(17)4-12-26(32)33)36-14-13-18(2)34-24-11-5-20(27(29,30)31)16-25(24)35-22-8-6-21(28)7-9-22/h3,5-11,15-16,18H,4,12-14H2,1-2H3,(H,32,33). The zero-order valence-corrected chi connectivity index (χ0v) is 20.6. The summed E-state index contributed by atoms with van der Waals surface area (Å²) in [5, 5.41) is 8.86. The van der Waals surface area contributed by atoms with Crippen LogP contribution in [0.3, 0.4) is 0 Å². The molecule has 0 saturated carbocycles.